The van der Waals surface area contributed by atoms with Crippen LogP contribution < -0.4 is 4.74 Å². The fourth-order valence-electron chi connectivity index (χ4n) is 2.53. The molecule has 0 aliphatic carbocycles. The van der Waals surface area contributed by atoms with E-state index in [4.69, 9.17) is 9.15 Å². The molecule has 0 atom stereocenters. The molecule has 1 aromatic carbocycles. The molecule has 0 saturated carbocycles. The van der Waals surface area contributed by atoms with Crippen LogP contribution in [0.1, 0.15) is 16.9 Å². The molecule has 0 saturated heterocycles. The summed E-state index contributed by atoms with van der Waals surface area (Å²) in [5.41, 5.74) is 2.00. The third-order valence-corrected chi connectivity index (χ3v) is 3.62. The quantitative estimate of drug-likeness (QED) is 0.531. The van der Waals surface area contributed by atoms with Gasteiger partial charge in [-0.15, -0.1) is 0 Å². The number of rotatable bonds is 4. The van der Waals surface area contributed by atoms with Gasteiger partial charge in [-0.2, -0.15) is 0 Å². The lowest BCUT2D eigenvalue weighted by atomic mass is 10.0. The van der Waals surface area contributed by atoms with Crippen molar-refractivity contribution in [2.24, 2.45) is 0 Å². The van der Waals surface area contributed by atoms with Crippen molar-refractivity contribution < 1.29 is 23.8 Å². The van der Waals surface area contributed by atoms with E-state index in [1.807, 2.05) is 16.9 Å². The van der Waals surface area contributed by atoms with Crippen LogP contribution in [0.15, 0.2) is 28.7 Å². The Balaban J connectivity index is 1.84. The molecule has 22 heavy (non-hydrogen) atoms. The van der Waals surface area contributed by atoms with Gasteiger partial charge in [-0.1, -0.05) is 0 Å². The molecule has 1 aromatic heterocycles. The molecule has 0 amide bonds. The average molecular weight is 303 g/mol. The second-order valence-electron chi connectivity index (χ2n) is 5.07. The van der Waals surface area contributed by atoms with Crippen molar-refractivity contribution in [2.45, 2.75) is 13.0 Å². The number of methoxy groups -OCH3 is 1. The van der Waals surface area contributed by atoms with Crippen LogP contribution in [0.5, 0.6) is 11.5 Å². The van der Waals surface area contributed by atoms with Gasteiger partial charge in [-0.25, -0.2) is 4.58 Å². The third kappa shape index (κ3) is 2.65. The molecule has 2 heterocycles. The van der Waals surface area contributed by atoms with Crippen LogP contribution in [0.25, 0.3) is 0 Å². The summed E-state index contributed by atoms with van der Waals surface area (Å²) in [6.45, 7) is 1.20. The van der Waals surface area contributed by atoms with E-state index in [0.29, 0.717) is 18.1 Å². The summed E-state index contributed by atoms with van der Waals surface area (Å²) in [7, 11) is 1.52. The maximum Gasteiger partial charge on any atom is 0.433 e. The first-order chi connectivity index (χ1) is 10.6. The van der Waals surface area contributed by atoms with Crippen LogP contribution in [0.2, 0.25) is 0 Å². The van der Waals surface area contributed by atoms with E-state index in [0.717, 1.165) is 24.1 Å². The Morgan fingerprint density at radius 1 is 1.45 bits per heavy atom. The van der Waals surface area contributed by atoms with Crippen LogP contribution >= 0.6 is 0 Å². The predicted octanol–water partition coefficient (Wildman–Crippen LogP) is 2.09. The second kappa shape index (κ2) is 5.51. The Hall–Kier alpha value is -2.83. The third-order valence-electron chi connectivity index (χ3n) is 3.62. The highest BCUT2D eigenvalue weighted by atomic mass is 16.6. The first-order valence-electron chi connectivity index (χ1n) is 6.78. The highest BCUT2D eigenvalue weighted by Gasteiger charge is 2.21. The highest BCUT2D eigenvalue weighted by molar-refractivity contribution is 5.80. The fraction of sp³-hybridized carbons (Fsp3) is 0.267. The first-order valence-corrected chi connectivity index (χ1v) is 6.78. The minimum atomic E-state index is -0.553. The molecule has 1 aliphatic heterocycles. The molecule has 1 aliphatic rings. The lowest BCUT2D eigenvalue weighted by molar-refractivity contribution is -0.542. The van der Waals surface area contributed by atoms with Crippen molar-refractivity contribution in [3.63, 3.8) is 0 Å². The summed E-state index contributed by atoms with van der Waals surface area (Å²) in [6, 6.07) is 6.44. The van der Waals surface area contributed by atoms with Gasteiger partial charge in [-0.3, -0.25) is 10.1 Å². The Morgan fingerprint density at radius 2 is 2.27 bits per heavy atom. The van der Waals surface area contributed by atoms with Gasteiger partial charge in [-0.05, 0) is 23.8 Å². The zero-order valence-electron chi connectivity index (χ0n) is 12.0. The maximum atomic E-state index is 10.6. The molecular weight excluding hydrogens is 288 g/mol. The molecule has 0 bridgehead atoms. The van der Waals surface area contributed by atoms with Gasteiger partial charge in [0, 0.05) is 12.0 Å². The number of furan rings is 1. The number of ether oxygens (including phenoxy) is 1. The molecule has 0 unspecified atom stereocenters. The van der Waals surface area contributed by atoms with Crippen molar-refractivity contribution in [1.29, 1.82) is 0 Å². The number of fused-ring (bicyclic) bond motifs is 1. The molecule has 3 rings (SSSR count). The van der Waals surface area contributed by atoms with Crippen molar-refractivity contribution in [2.75, 3.05) is 13.7 Å². The molecule has 2 aromatic rings. The van der Waals surface area contributed by atoms with Crippen LogP contribution in [0, 0.1) is 10.1 Å². The van der Waals surface area contributed by atoms with Crippen LogP contribution in [0.4, 0.5) is 5.88 Å². The summed E-state index contributed by atoms with van der Waals surface area (Å²) in [5, 5.41) is 20.5. The van der Waals surface area contributed by atoms with Crippen LogP contribution in [-0.4, -0.2) is 34.5 Å². The number of nitrogens with zero attached hydrogens (tertiary/aromatic N) is 2. The number of aromatic hydroxyl groups is 1. The van der Waals surface area contributed by atoms with Crippen molar-refractivity contribution in [3.05, 3.63) is 51.3 Å². The van der Waals surface area contributed by atoms with E-state index < -0.39 is 4.92 Å². The summed E-state index contributed by atoms with van der Waals surface area (Å²) >= 11 is 0. The van der Waals surface area contributed by atoms with E-state index in [1.165, 1.54) is 13.2 Å². The normalized spacial score (nSPS) is 13.4. The SMILES string of the molecule is COc1cc2c(cc1O)C=[N+](Cc1ccc([N+](=O)[O-])o1)CC2. The lowest BCUT2D eigenvalue weighted by Gasteiger charge is -2.14. The summed E-state index contributed by atoms with van der Waals surface area (Å²) < 4.78 is 12.3. The van der Waals surface area contributed by atoms with E-state index in [2.05, 4.69) is 0 Å². The fourth-order valence-corrected chi connectivity index (χ4v) is 2.53. The minimum Gasteiger partial charge on any atom is -0.504 e. The molecule has 7 nitrogen and oxygen atoms in total. The molecule has 114 valence electrons. The maximum absolute atomic E-state index is 10.6. The Labute approximate surface area is 126 Å². The second-order valence-corrected chi connectivity index (χ2v) is 5.07. The standard InChI is InChI=1S/C15H14N2O5/c1-21-14-7-10-4-5-16(8-11(10)6-13(14)18)9-12-2-3-15(22-12)17(19)20/h2-3,6-8H,4-5,9H2,1H3/p+1. The van der Waals surface area contributed by atoms with E-state index in [9.17, 15) is 15.2 Å². The number of hydrogen-bond acceptors (Lipinski definition) is 5. The van der Waals surface area contributed by atoms with Gasteiger partial charge >= 0.3 is 5.88 Å². The van der Waals surface area contributed by atoms with Crippen LogP contribution in [0.3, 0.4) is 0 Å². The van der Waals surface area contributed by atoms with Gasteiger partial charge in [0.15, 0.2) is 23.5 Å². The first kappa shape index (κ1) is 14.1. The van der Waals surface area contributed by atoms with Gasteiger partial charge in [0.2, 0.25) is 6.54 Å². The van der Waals surface area contributed by atoms with Crippen molar-refractivity contribution in [1.82, 2.24) is 0 Å². The van der Waals surface area contributed by atoms with E-state index in [1.54, 1.807) is 12.1 Å². The molecule has 1 N–H and O–H groups in total. The number of nitro groups is 1. The Morgan fingerprint density at radius 3 is 2.95 bits per heavy atom. The summed E-state index contributed by atoms with van der Waals surface area (Å²) in [4.78, 5) is 10.1. The zero-order chi connectivity index (χ0) is 15.7. The van der Waals surface area contributed by atoms with Crippen molar-refractivity contribution in [3.8, 4) is 11.5 Å². The zero-order valence-corrected chi connectivity index (χ0v) is 12.0. The van der Waals surface area contributed by atoms with Crippen molar-refractivity contribution >= 4 is 12.1 Å². The van der Waals surface area contributed by atoms with E-state index >= 15 is 0 Å². The molecule has 0 spiro atoms. The minimum absolute atomic E-state index is 0.0907. The van der Waals surface area contributed by atoms with Gasteiger partial charge < -0.3 is 14.3 Å². The monoisotopic (exact) mass is 303 g/mol. The van der Waals surface area contributed by atoms with Gasteiger partial charge in [0.25, 0.3) is 0 Å². The van der Waals surface area contributed by atoms with E-state index in [-0.39, 0.29) is 11.6 Å². The molecular formula is C15H15N2O5+. The molecule has 0 fully saturated rings. The summed E-state index contributed by atoms with van der Waals surface area (Å²) in [5.74, 6) is 0.828. The summed E-state index contributed by atoms with van der Waals surface area (Å²) in [6.07, 6.45) is 2.71. The Bertz CT molecular complexity index is 763. The number of hydrogen-bond donors (Lipinski definition) is 1. The predicted molar refractivity (Wildman–Crippen MR) is 77.7 cm³/mol. The number of phenolic OH excluding ortho intramolecular Hbond substituents is 1. The molecule has 0 radical (unpaired) electrons. The number of phenols is 1. The highest BCUT2D eigenvalue weighted by Crippen LogP contribution is 2.30. The molecule has 7 heteroatoms. The Kier molecular flexibility index (Phi) is 3.54. The van der Waals surface area contributed by atoms with Gasteiger partial charge in [0.1, 0.15) is 11.5 Å². The lowest BCUT2D eigenvalue weighted by Crippen LogP contribution is -2.22. The van der Waals surface area contributed by atoms with Crippen LogP contribution in [-0.2, 0) is 13.0 Å². The largest absolute Gasteiger partial charge is 0.504 e. The number of benzene rings is 1. The topological polar surface area (TPSA) is 88.8 Å². The average Bonchev–Trinajstić information content (AvgIpc) is 2.95. The smallest absolute Gasteiger partial charge is 0.433 e. The van der Waals surface area contributed by atoms with Gasteiger partial charge in [0.05, 0.1) is 13.2 Å².